The molecule has 4 rings (SSSR count). The second-order valence-corrected chi connectivity index (χ2v) is 10.4. The molecule has 0 aliphatic carbocycles. The number of aryl methyl sites for hydroxylation is 1. The van der Waals surface area contributed by atoms with E-state index in [4.69, 9.17) is 17.3 Å². The summed E-state index contributed by atoms with van der Waals surface area (Å²) in [5.74, 6) is 0.968. The van der Waals surface area contributed by atoms with Gasteiger partial charge in [0.15, 0.2) is 0 Å². The maximum atomic E-state index is 13.4. The molecule has 9 heteroatoms. The Balaban J connectivity index is 0.00000324. The molecular weight excluding hydrogens is 491 g/mol. The summed E-state index contributed by atoms with van der Waals surface area (Å²) in [4.78, 5) is 33.3. The molecule has 0 spiro atoms. The van der Waals surface area contributed by atoms with Crippen molar-refractivity contribution >= 4 is 63.1 Å². The van der Waals surface area contributed by atoms with Gasteiger partial charge in [0.25, 0.3) is 0 Å². The van der Waals surface area contributed by atoms with Gasteiger partial charge in [-0.05, 0) is 55.0 Å². The molecule has 3 heterocycles. The highest BCUT2D eigenvalue weighted by Crippen LogP contribution is 2.29. The fraction of sp³-hybridized carbons (Fsp3) is 0.400. The molecule has 3 N–H and O–H groups in total. The molecule has 1 aliphatic heterocycles. The minimum Gasteiger partial charge on any atom is -0.383 e. The number of hydrogen-bond acceptors (Lipinski definition) is 5. The van der Waals surface area contributed by atoms with Crippen LogP contribution in [0.2, 0.25) is 5.02 Å². The number of pyridine rings is 1. The normalized spacial score (nSPS) is 15.1. The van der Waals surface area contributed by atoms with Crippen LogP contribution in [0.15, 0.2) is 42.6 Å². The third-order valence-corrected chi connectivity index (χ3v) is 7.59. The van der Waals surface area contributed by atoms with Gasteiger partial charge in [-0.25, -0.2) is 4.98 Å². The molecule has 34 heavy (non-hydrogen) atoms. The number of nitrogens with two attached hydrogens (primary N) is 1. The third-order valence-electron chi connectivity index (χ3n) is 6.22. The number of hydrogen-bond donors (Lipinski definition) is 2. The Hall–Kier alpha value is -2.35. The number of amides is 2. The van der Waals surface area contributed by atoms with Crippen molar-refractivity contribution in [1.82, 2.24) is 15.2 Å². The largest absolute Gasteiger partial charge is 0.383 e. The number of anilines is 1. The highest BCUT2D eigenvalue weighted by molar-refractivity contribution is 7.19. The van der Waals surface area contributed by atoms with Gasteiger partial charge in [0.05, 0.1) is 0 Å². The second-order valence-electron chi connectivity index (χ2n) is 8.78. The monoisotopic (exact) mass is 520 g/mol. The van der Waals surface area contributed by atoms with Gasteiger partial charge in [-0.3, -0.25) is 9.59 Å². The lowest BCUT2D eigenvalue weighted by atomic mass is 9.98. The fourth-order valence-electron chi connectivity index (χ4n) is 4.16. The van der Waals surface area contributed by atoms with Crippen LogP contribution in [0.25, 0.3) is 10.1 Å². The number of benzene rings is 1. The van der Waals surface area contributed by atoms with Gasteiger partial charge in [-0.15, -0.1) is 23.7 Å². The lowest BCUT2D eigenvalue weighted by Gasteiger charge is -2.33. The average molecular weight is 522 g/mol. The molecular formula is C25H30Cl2N4O2S. The number of rotatable bonds is 7. The van der Waals surface area contributed by atoms with Crippen LogP contribution in [-0.4, -0.2) is 40.8 Å². The Kier molecular flexibility index (Phi) is 9.17. The van der Waals surface area contributed by atoms with E-state index in [1.165, 1.54) is 0 Å². The lowest BCUT2D eigenvalue weighted by molar-refractivity contribution is -0.137. The zero-order valence-electron chi connectivity index (χ0n) is 19.1. The number of halogens is 2. The Labute approximate surface area is 215 Å². The quantitative estimate of drug-likeness (QED) is 0.464. The van der Waals surface area contributed by atoms with Crippen molar-refractivity contribution in [2.45, 2.75) is 45.1 Å². The van der Waals surface area contributed by atoms with Crippen molar-refractivity contribution in [3.63, 3.8) is 0 Å². The van der Waals surface area contributed by atoms with Gasteiger partial charge in [0, 0.05) is 52.1 Å². The van der Waals surface area contributed by atoms with Crippen LogP contribution >= 0.6 is 35.3 Å². The molecule has 1 atom stereocenters. The van der Waals surface area contributed by atoms with Crippen molar-refractivity contribution < 1.29 is 9.59 Å². The van der Waals surface area contributed by atoms with Crippen molar-refractivity contribution in [2.24, 2.45) is 5.92 Å². The predicted octanol–water partition coefficient (Wildman–Crippen LogP) is 4.87. The first-order chi connectivity index (χ1) is 15.9. The Morgan fingerprint density at radius 3 is 2.62 bits per heavy atom. The minimum absolute atomic E-state index is 0. The summed E-state index contributed by atoms with van der Waals surface area (Å²) in [5, 5.41) is 4.58. The number of likely N-dealkylation sites (tertiary alicyclic amines) is 1. The lowest BCUT2D eigenvalue weighted by Crippen LogP contribution is -2.51. The number of carbonyl (C=O) groups excluding carboxylic acids is 2. The molecule has 6 nitrogen and oxygen atoms in total. The van der Waals surface area contributed by atoms with Crippen LogP contribution in [0.3, 0.4) is 0 Å². The molecule has 1 aromatic carbocycles. The maximum absolute atomic E-state index is 13.4. The van der Waals surface area contributed by atoms with Crippen LogP contribution in [0.4, 0.5) is 5.82 Å². The predicted molar refractivity (Wildman–Crippen MR) is 142 cm³/mol. The summed E-state index contributed by atoms with van der Waals surface area (Å²) in [5.41, 5.74) is 7.05. The van der Waals surface area contributed by atoms with E-state index in [0.717, 1.165) is 46.5 Å². The molecule has 3 aromatic rings. The van der Waals surface area contributed by atoms with E-state index in [1.54, 1.807) is 17.5 Å². The molecule has 2 amide bonds. The molecule has 1 fully saturated rings. The second kappa shape index (κ2) is 11.9. The van der Waals surface area contributed by atoms with Crippen molar-refractivity contribution in [2.75, 3.05) is 18.8 Å². The van der Waals surface area contributed by atoms with Gasteiger partial charge < -0.3 is 16.0 Å². The summed E-state index contributed by atoms with van der Waals surface area (Å²) in [6.07, 6.45) is 5.02. The number of carbonyl (C=O) groups is 2. The zero-order valence-corrected chi connectivity index (χ0v) is 21.5. The summed E-state index contributed by atoms with van der Waals surface area (Å²) in [6, 6.07) is 10.8. The van der Waals surface area contributed by atoms with Gasteiger partial charge >= 0.3 is 0 Å². The van der Waals surface area contributed by atoms with E-state index in [-0.39, 0.29) is 24.2 Å². The number of nitrogens with one attached hydrogen (secondary N) is 1. The minimum atomic E-state index is -0.599. The number of thiophene rings is 1. The summed E-state index contributed by atoms with van der Waals surface area (Å²) >= 11 is 7.53. The van der Waals surface area contributed by atoms with Gasteiger partial charge in [-0.2, -0.15) is 0 Å². The third kappa shape index (κ3) is 6.62. The Bertz CT molecular complexity index is 1130. The van der Waals surface area contributed by atoms with Crippen LogP contribution in [0, 0.1) is 5.92 Å². The van der Waals surface area contributed by atoms with Crippen molar-refractivity contribution in [3.05, 3.63) is 58.1 Å². The maximum Gasteiger partial charge on any atom is 0.245 e. The van der Waals surface area contributed by atoms with Gasteiger partial charge in [0.2, 0.25) is 11.8 Å². The van der Waals surface area contributed by atoms with E-state index in [9.17, 15) is 9.59 Å². The summed E-state index contributed by atoms with van der Waals surface area (Å²) in [6.45, 7) is 3.69. The van der Waals surface area contributed by atoms with E-state index in [0.29, 0.717) is 36.0 Å². The van der Waals surface area contributed by atoms with Crippen molar-refractivity contribution in [1.29, 1.82) is 0 Å². The molecule has 0 radical (unpaired) electrons. The standard InChI is InChI=1S/C25H29ClN4O2S.ClH/c1-16-9-12-30(13-10-16)25(32)21(15-19-14-20-22(33-19)8-11-28-24(20)27)29-23(31)7-4-17-2-5-18(26)6-3-17;/h2-3,5-6,8,11,14,16,21H,4,7,9-10,12-13,15H2,1H3,(H2,27,28)(H,29,31);1H. The highest BCUT2D eigenvalue weighted by Gasteiger charge is 2.29. The first-order valence-electron chi connectivity index (χ1n) is 11.3. The summed E-state index contributed by atoms with van der Waals surface area (Å²) in [7, 11) is 0. The number of aromatic nitrogens is 1. The SMILES string of the molecule is CC1CCN(C(=O)C(Cc2cc3c(N)nccc3s2)NC(=O)CCc2ccc(Cl)cc2)CC1.Cl. The molecule has 1 unspecified atom stereocenters. The molecule has 0 saturated carbocycles. The highest BCUT2D eigenvalue weighted by atomic mass is 35.5. The van der Waals surface area contributed by atoms with Gasteiger partial charge in [0.1, 0.15) is 11.9 Å². The first-order valence-corrected chi connectivity index (χ1v) is 12.5. The van der Waals surface area contributed by atoms with E-state index in [2.05, 4.69) is 17.2 Å². The van der Waals surface area contributed by atoms with E-state index in [1.807, 2.05) is 41.3 Å². The van der Waals surface area contributed by atoms with Gasteiger partial charge in [-0.1, -0.05) is 30.7 Å². The molecule has 0 bridgehead atoms. The summed E-state index contributed by atoms with van der Waals surface area (Å²) < 4.78 is 1.03. The Morgan fingerprint density at radius 2 is 1.94 bits per heavy atom. The molecule has 182 valence electrons. The molecule has 1 aliphatic rings. The van der Waals surface area contributed by atoms with Crippen LogP contribution in [-0.2, 0) is 22.4 Å². The number of piperidine rings is 1. The number of fused-ring (bicyclic) bond motifs is 1. The van der Waals surface area contributed by atoms with Crippen molar-refractivity contribution in [3.8, 4) is 0 Å². The molecule has 2 aromatic heterocycles. The zero-order chi connectivity index (χ0) is 23.4. The topological polar surface area (TPSA) is 88.3 Å². The smallest absolute Gasteiger partial charge is 0.245 e. The Morgan fingerprint density at radius 1 is 1.24 bits per heavy atom. The number of nitrogens with zero attached hydrogens (tertiary/aromatic N) is 2. The molecule has 1 saturated heterocycles. The van der Waals surface area contributed by atoms with E-state index >= 15 is 0 Å². The van der Waals surface area contributed by atoms with Crippen LogP contribution in [0.1, 0.15) is 36.6 Å². The van der Waals surface area contributed by atoms with Crippen LogP contribution in [0.5, 0.6) is 0 Å². The number of nitrogen functional groups attached to an aromatic ring is 1. The van der Waals surface area contributed by atoms with Crippen LogP contribution < -0.4 is 11.1 Å². The fourth-order valence-corrected chi connectivity index (χ4v) is 5.40. The average Bonchev–Trinajstić information content (AvgIpc) is 3.22. The van der Waals surface area contributed by atoms with E-state index < -0.39 is 6.04 Å². The first kappa shape index (κ1) is 26.3.